The molecular formula is C14H25N5O2. The van der Waals surface area contributed by atoms with Crippen LogP contribution in [-0.4, -0.2) is 49.6 Å². The van der Waals surface area contributed by atoms with E-state index >= 15 is 0 Å². The van der Waals surface area contributed by atoms with Crippen LogP contribution in [0.25, 0.3) is 0 Å². The minimum Gasteiger partial charge on any atom is -0.359 e. The fraction of sp³-hybridized carbons (Fsp3) is 0.643. The predicted octanol–water partition coefficient (Wildman–Crippen LogP) is 0.941. The second-order valence-corrected chi connectivity index (χ2v) is 5.26. The number of nitrogens with zero attached hydrogens (tertiary/aromatic N) is 3. The summed E-state index contributed by atoms with van der Waals surface area (Å²) in [5, 5.41) is 10.2. The number of nitrogens with one attached hydrogen (secondary N) is 2. The first-order valence-electron chi connectivity index (χ1n) is 7.04. The molecule has 1 aromatic heterocycles. The number of carbonyl (C=O) groups excluding carboxylic acids is 1. The van der Waals surface area contributed by atoms with Crippen LogP contribution in [0.3, 0.4) is 0 Å². The van der Waals surface area contributed by atoms with E-state index < -0.39 is 0 Å². The van der Waals surface area contributed by atoms with E-state index in [0.717, 1.165) is 11.5 Å². The second-order valence-electron chi connectivity index (χ2n) is 5.26. The summed E-state index contributed by atoms with van der Waals surface area (Å²) in [5.74, 6) is 1.81. The van der Waals surface area contributed by atoms with Crippen molar-refractivity contribution in [2.45, 2.75) is 32.7 Å². The zero-order valence-corrected chi connectivity index (χ0v) is 13.4. The van der Waals surface area contributed by atoms with E-state index in [9.17, 15) is 4.79 Å². The maximum Gasteiger partial charge on any atom is 0.223 e. The summed E-state index contributed by atoms with van der Waals surface area (Å²) in [4.78, 5) is 17.1. The van der Waals surface area contributed by atoms with Crippen LogP contribution in [0, 0.1) is 0 Å². The highest BCUT2D eigenvalue weighted by atomic mass is 16.5. The van der Waals surface area contributed by atoms with Gasteiger partial charge >= 0.3 is 0 Å². The standard InChI is InChI=1S/C14H25N5O2/c1-10(2)12-8-11(21-18-12)9-17-14(15-3)16-7-6-13(20)19(4)5/h8,10H,6-7,9H2,1-5H3,(H2,15,16,17). The SMILES string of the molecule is CN=C(NCCC(=O)N(C)C)NCc1cc(C(C)C)no1. The minimum atomic E-state index is 0.0785. The molecule has 0 bridgehead atoms. The molecule has 0 aromatic carbocycles. The van der Waals surface area contributed by atoms with Gasteiger partial charge in [-0.15, -0.1) is 0 Å². The lowest BCUT2D eigenvalue weighted by Crippen LogP contribution is -2.38. The predicted molar refractivity (Wildman–Crippen MR) is 82.1 cm³/mol. The van der Waals surface area contributed by atoms with E-state index in [2.05, 4.69) is 34.6 Å². The monoisotopic (exact) mass is 295 g/mol. The maximum absolute atomic E-state index is 11.5. The Morgan fingerprint density at radius 1 is 1.43 bits per heavy atom. The molecule has 1 heterocycles. The van der Waals surface area contributed by atoms with Crippen LogP contribution in [0.4, 0.5) is 0 Å². The Morgan fingerprint density at radius 2 is 2.14 bits per heavy atom. The van der Waals surface area contributed by atoms with Gasteiger partial charge in [-0.25, -0.2) is 0 Å². The molecule has 21 heavy (non-hydrogen) atoms. The lowest BCUT2D eigenvalue weighted by Gasteiger charge is -2.12. The van der Waals surface area contributed by atoms with Crippen molar-refractivity contribution in [3.05, 3.63) is 17.5 Å². The summed E-state index contributed by atoms with van der Waals surface area (Å²) in [6.07, 6.45) is 0.424. The van der Waals surface area contributed by atoms with Crippen molar-refractivity contribution in [1.82, 2.24) is 20.7 Å². The largest absolute Gasteiger partial charge is 0.359 e. The first-order valence-corrected chi connectivity index (χ1v) is 7.04. The topological polar surface area (TPSA) is 82.8 Å². The molecular weight excluding hydrogens is 270 g/mol. The van der Waals surface area contributed by atoms with Gasteiger partial charge in [0.2, 0.25) is 5.91 Å². The van der Waals surface area contributed by atoms with Gasteiger partial charge in [0.25, 0.3) is 0 Å². The van der Waals surface area contributed by atoms with Gasteiger partial charge in [-0.3, -0.25) is 9.79 Å². The Balaban J connectivity index is 2.35. The van der Waals surface area contributed by atoms with Gasteiger partial charge in [0.05, 0.1) is 12.2 Å². The van der Waals surface area contributed by atoms with Crippen LogP contribution in [0.2, 0.25) is 0 Å². The summed E-state index contributed by atoms with van der Waals surface area (Å²) in [7, 11) is 5.17. The van der Waals surface area contributed by atoms with Crippen LogP contribution in [0.1, 0.15) is 37.6 Å². The number of amides is 1. The molecule has 7 heteroatoms. The number of aromatic nitrogens is 1. The summed E-state index contributed by atoms with van der Waals surface area (Å²) in [6.45, 7) is 5.17. The lowest BCUT2D eigenvalue weighted by molar-refractivity contribution is -0.128. The van der Waals surface area contributed by atoms with Crippen molar-refractivity contribution in [1.29, 1.82) is 0 Å². The molecule has 0 aliphatic heterocycles. The summed E-state index contributed by atoms with van der Waals surface area (Å²) in [5.41, 5.74) is 0.936. The smallest absolute Gasteiger partial charge is 0.223 e. The maximum atomic E-state index is 11.5. The number of guanidine groups is 1. The van der Waals surface area contributed by atoms with Crippen molar-refractivity contribution in [3.8, 4) is 0 Å². The highest BCUT2D eigenvalue weighted by Crippen LogP contribution is 2.13. The first-order chi connectivity index (χ1) is 9.93. The number of hydrogen-bond acceptors (Lipinski definition) is 4. The molecule has 0 atom stereocenters. The van der Waals surface area contributed by atoms with Crippen molar-refractivity contribution < 1.29 is 9.32 Å². The molecule has 118 valence electrons. The van der Waals surface area contributed by atoms with Crippen molar-refractivity contribution in [3.63, 3.8) is 0 Å². The Kier molecular flexibility index (Phi) is 6.71. The second kappa shape index (κ2) is 8.28. The normalized spacial score (nSPS) is 11.6. The van der Waals surface area contributed by atoms with Crippen LogP contribution in [0.5, 0.6) is 0 Å². The molecule has 1 amide bonds. The Morgan fingerprint density at radius 3 is 2.67 bits per heavy atom. The van der Waals surface area contributed by atoms with Crippen molar-refractivity contribution >= 4 is 11.9 Å². The molecule has 1 aromatic rings. The van der Waals surface area contributed by atoms with E-state index in [0.29, 0.717) is 31.4 Å². The third kappa shape index (κ3) is 5.85. The van der Waals surface area contributed by atoms with E-state index in [1.807, 2.05) is 6.07 Å². The quantitative estimate of drug-likeness (QED) is 0.603. The minimum absolute atomic E-state index is 0.0785. The van der Waals surface area contributed by atoms with Gasteiger partial charge in [-0.05, 0) is 5.92 Å². The Bertz CT molecular complexity index is 479. The van der Waals surface area contributed by atoms with Gasteiger partial charge in [0, 0.05) is 40.2 Å². The number of rotatable bonds is 6. The summed E-state index contributed by atoms with van der Waals surface area (Å²) in [6, 6.07) is 1.93. The number of carbonyl (C=O) groups is 1. The van der Waals surface area contributed by atoms with E-state index in [4.69, 9.17) is 4.52 Å². The molecule has 0 saturated carbocycles. The van der Waals surface area contributed by atoms with Crippen LogP contribution >= 0.6 is 0 Å². The zero-order chi connectivity index (χ0) is 15.8. The fourth-order valence-electron chi connectivity index (χ4n) is 1.59. The third-order valence-electron chi connectivity index (χ3n) is 2.95. The van der Waals surface area contributed by atoms with E-state index in [1.165, 1.54) is 0 Å². The third-order valence-corrected chi connectivity index (χ3v) is 2.95. The highest BCUT2D eigenvalue weighted by molar-refractivity contribution is 5.81. The molecule has 2 N–H and O–H groups in total. The van der Waals surface area contributed by atoms with Gasteiger partial charge in [-0.1, -0.05) is 19.0 Å². The number of aliphatic imine (C=N–C) groups is 1. The molecule has 0 fully saturated rings. The summed E-state index contributed by atoms with van der Waals surface area (Å²) < 4.78 is 5.24. The first kappa shape index (κ1) is 17.0. The Hall–Kier alpha value is -2.05. The molecule has 0 radical (unpaired) electrons. The lowest BCUT2D eigenvalue weighted by atomic mass is 10.1. The van der Waals surface area contributed by atoms with E-state index in [1.54, 1.807) is 26.0 Å². The Labute approximate surface area is 125 Å². The fourth-order valence-corrected chi connectivity index (χ4v) is 1.59. The van der Waals surface area contributed by atoms with E-state index in [-0.39, 0.29) is 5.91 Å². The molecule has 0 spiro atoms. The van der Waals surface area contributed by atoms with Crippen LogP contribution in [-0.2, 0) is 11.3 Å². The molecule has 0 aliphatic rings. The average molecular weight is 295 g/mol. The molecule has 1 rings (SSSR count). The van der Waals surface area contributed by atoms with Gasteiger partial charge in [0.15, 0.2) is 11.7 Å². The molecule has 0 aliphatic carbocycles. The van der Waals surface area contributed by atoms with Crippen LogP contribution < -0.4 is 10.6 Å². The zero-order valence-electron chi connectivity index (χ0n) is 13.4. The average Bonchev–Trinajstić information content (AvgIpc) is 2.91. The van der Waals surface area contributed by atoms with Gasteiger partial charge < -0.3 is 20.1 Å². The van der Waals surface area contributed by atoms with Crippen molar-refractivity contribution in [2.24, 2.45) is 4.99 Å². The molecule has 0 unspecified atom stereocenters. The van der Waals surface area contributed by atoms with Gasteiger partial charge in [-0.2, -0.15) is 0 Å². The van der Waals surface area contributed by atoms with Crippen LogP contribution in [0.15, 0.2) is 15.6 Å². The number of hydrogen-bond donors (Lipinski definition) is 2. The molecule has 0 saturated heterocycles. The molecule has 7 nitrogen and oxygen atoms in total. The highest BCUT2D eigenvalue weighted by Gasteiger charge is 2.08. The van der Waals surface area contributed by atoms with Gasteiger partial charge in [0.1, 0.15) is 0 Å². The van der Waals surface area contributed by atoms with Crippen molar-refractivity contribution in [2.75, 3.05) is 27.7 Å². The summed E-state index contributed by atoms with van der Waals surface area (Å²) >= 11 is 0.